The molecule has 0 saturated heterocycles. The van der Waals surface area contributed by atoms with Crippen LogP contribution in [0, 0.1) is 5.92 Å². The lowest BCUT2D eigenvalue weighted by Crippen LogP contribution is -2.36. The Bertz CT molecular complexity index is 1170. The van der Waals surface area contributed by atoms with E-state index in [2.05, 4.69) is 33.0 Å². The summed E-state index contributed by atoms with van der Waals surface area (Å²) < 4.78 is 39.4. The van der Waals surface area contributed by atoms with Gasteiger partial charge >= 0.3 is 12.2 Å². The van der Waals surface area contributed by atoms with Crippen LogP contribution in [-0.4, -0.2) is 37.7 Å². The molecule has 2 amide bonds. The molecular weight excluding hydrogens is 455 g/mol. The predicted octanol–water partition coefficient (Wildman–Crippen LogP) is 6.11. The molecule has 1 aliphatic carbocycles. The minimum absolute atomic E-state index is 0.245. The fourth-order valence-corrected chi connectivity index (χ4v) is 4.56. The van der Waals surface area contributed by atoms with Gasteiger partial charge < -0.3 is 20.9 Å². The Morgan fingerprint density at radius 2 is 1.71 bits per heavy atom. The number of anilines is 3. The Balaban J connectivity index is 1.28. The summed E-state index contributed by atoms with van der Waals surface area (Å²) in [6.07, 6.45) is -0.855. The normalized spacial score (nSPS) is 18.2. The SMILES string of the molecule is CN(C)c1cc(NC2CCC(CNC(=O)Nc3ccccc3C(F)(F)F)CC2)nc2ccccc12. The Morgan fingerprint density at radius 3 is 2.43 bits per heavy atom. The molecule has 1 aromatic heterocycles. The van der Waals surface area contributed by atoms with Gasteiger partial charge in [-0.25, -0.2) is 9.78 Å². The number of carbonyl (C=O) groups excluding carboxylic acids is 1. The van der Waals surface area contributed by atoms with E-state index < -0.39 is 17.8 Å². The molecule has 1 saturated carbocycles. The zero-order chi connectivity index (χ0) is 25.0. The molecule has 35 heavy (non-hydrogen) atoms. The number of nitrogens with one attached hydrogen (secondary N) is 3. The molecule has 1 aliphatic rings. The van der Waals surface area contributed by atoms with E-state index in [1.807, 2.05) is 32.3 Å². The maximum atomic E-state index is 13.1. The zero-order valence-corrected chi connectivity index (χ0v) is 19.8. The van der Waals surface area contributed by atoms with Crippen LogP contribution in [0.2, 0.25) is 0 Å². The number of hydrogen-bond acceptors (Lipinski definition) is 4. The van der Waals surface area contributed by atoms with Crippen molar-refractivity contribution in [3.63, 3.8) is 0 Å². The monoisotopic (exact) mass is 485 g/mol. The molecule has 3 N–H and O–H groups in total. The number of para-hydroxylation sites is 2. The molecule has 0 radical (unpaired) electrons. The average Bonchev–Trinajstić information content (AvgIpc) is 2.82. The second kappa shape index (κ2) is 10.4. The van der Waals surface area contributed by atoms with E-state index in [4.69, 9.17) is 4.98 Å². The number of urea groups is 1. The van der Waals surface area contributed by atoms with E-state index in [0.29, 0.717) is 6.54 Å². The van der Waals surface area contributed by atoms with E-state index in [1.54, 1.807) is 0 Å². The highest BCUT2D eigenvalue weighted by Crippen LogP contribution is 2.34. The number of pyridine rings is 1. The van der Waals surface area contributed by atoms with Crippen LogP contribution in [0.25, 0.3) is 10.9 Å². The number of fused-ring (bicyclic) bond motifs is 1. The van der Waals surface area contributed by atoms with Gasteiger partial charge in [-0.15, -0.1) is 0 Å². The topological polar surface area (TPSA) is 69.3 Å². The van der Waals surface area contributed by atoms with E-state index in [1.165, 1.54) is 18.2 Å². The van der Waals surface area contributed by atoms with Gasteiger partial charge in [0.1, 0.15) is 5.82 Å². The molecule has 0 spiro atoms. The van der Waals surface area contributed by atoms with E-state index in [-0.39, 0.29) is 17.6 Å². The Morgan fingerprint density at radius 1 is 1.03 bits per heavy atom. The quantitative estimate of drug-likeness (QED) is 0.394. The van der Waals surface area contributed by atoms with Crippen molar-refractivity contribution in [3.05, 3.63) is 60.2 Å². The lowest BCUT2D eigenvalue weighted by Gasteiger charge is -2.30. The van der Waals surface area contributed by atoms with Crippen molar-refractivity contribution >= 4 is 34.1 Å². The van der Waals surface area contributed by atoms with Crippen molar-refractivity contribution < 1.29 is 18.0 Å². The minimum Gasteiger partial charge on any atom is -0.377 e. The third kappa shape index (κ3) is 6.15. The summed E-state index contributed by atoms with van der Waals surface area (Å²) in [5, 5.41) is 9.73. The molecular formula is C26H30F3N5O. The standard InChI is InChI=1S/C26H30F3N5O/c1-34(2)23-15-24(32-21-9-5-3-7-19(21)23)31-18-13-11-17(12-14-18)16-30-25(35)33-22-10-6-4-8-20(22)26(27,28)29/h3-10,15,17-18H,11-14,16H2,1-2H3,(H,31,32)(H2,30,33,35). The number of aromatic nitrogens is 1. The smallest absolute Gasteiger partial charge is 0.377 e. The molecule has 2 aromatic carbocycles. The number of alkyl halides is 3. The van der Waals surface area contributed by atoms with Crippen molar-refractivity contribution in [3.8, 4) is 0 Å². The summed E-state index contributed by atoms with van der Waals surface area (Å²) >= 11 is 0. The van der Waals surface area contributed by atoms with E-state index in [9.17, 15) is 18.0 Å². The second-order valence-electron chi connectivity index (χ2n) is 9.18. The van der Waals surface area contributed by atoms with Gasteiger partial charge in [-0.05, 0) is 49.8 Å². The van der Waals surface area contributed by atoms with Gasteiger partial charge in [-0.1, -0.05) is 30.3 Å². The highest BCUT2D eigenvalue weighted by atomic mass is 19.4. The van der Waals surface area contributed by atoms with Crippen LogP contribution in [0.15, 0.2) is 54.6 Å². The van der Waals surface area contributed by atoms with E-state index >= 15 is 0 Å². The largest absolute Gasteiger partial charge is 0.418 e. The van der Waals surface area contributed by atoms with E-state index in [0.717, 1.165) is 54.2 Å². The van der Waals surface area contributed by atoms with Crippen LogP contribution in [-0.2, 0) is 6.18 Å². The van der Waals surface area contributed by atoms with Crippen LogP contribution in [0.5, 0.6) is 0 Å². The number of nitrogens with zero attached hydrogens (tertiary/aromatic N) is 2. The highest BCUT2D eigenvalue weighted by Gasteiger charge is 2.33. The molecule has 1 fully saturated rings. The van der Waals surface area contributed by atoms with Gasteiger partial charge in [0.15, 0.2) is 0 Å². The van der Waals surface area contributed by atoms with Crippen molar-refractivity contribution in [2.45, 2.75) is 37.9 Å². The van der Waals surface area contributed by atoms with Gasteiger partial charge in [0, 0.05) is 43.8 Å². The first-order valence-corrected chi connectivity index (χ1v) is 11.8. The van der Waals surface area contributed by atoms with Crippen LogP contribution in [0.3, 0.4) is 0 Å². The first-order chi connectivity index (χ1) is 16.7. The molecule has 3 aromatic rings. The predicted molar refractivity (Wildman–Crippen MR) is 134 cm³/mol. The van der Waals surface area contributed by atoms with Gasteiger partial charge in [-0.2, -0.15) is 13.2 Å². The van der Waals surface area contributed by atoms with Crippen LogP contribution in [0.4, 0.5) is 35.2 Å². The molecule has 0 aliphatic heterocycles. The summed E-state index contributed by atoms with van der Waals surface area (Å²) in [6, 6.07) is 14.8. The van der Waals surface area contributed by atoms with Crippen molar-refractivity contribution in [2.24, 2.45) is 5.92 Å². The first-order valence-electron chi connectivity index (χ1n) is 11.8. The highest BCUT2D eigenvalue weighted by molar-refractivity contribution is 5.93. The fraction of sp³-hybridized carbons (Fsp3) is 0.385. The second-order valence-corrected chi connectivity index (χ2v) is 9.18. The maximum absolute atomic E-state index is 13.1. The maximum Gasteiger partial charge on any atom is 0.418 e. The third-order valence-electron chi connectivity index (χ3n) is 6.41. The molecule has 0 unspecified atom stereocenters. The molecule has 9 heteroatoms. The molecule has 1 heterocycles. The van der Waals surface area contributed by atoms with Gasteiger partial charge in [0.05, 0.1) is 16.8 Å². The number of rotatable bonds is 6. The first kappa shape index (κ1) is 24.6. The van der Waals surface area contributed by atoms with Crippen molar-refractivity contribution in [1.82, 2.24) is 10.3 Å². The summed E-state index contributed by atoms with van der Waals surface area (Å²) in [5.41, 5.74) is 0.943. The Kier molecular flexibility index (Phi) is 7.33. The number of amides is 2. The molecule has 0 atom stereocenters. The summed E-state index contributed by atoms with van der Waals surface area (Å²) in [6.45, 7) is 0.422. The van der Waals surface area contributed by atoms with Gasteiger partial charge in [0.2, 0.25) is 0 Å². The van der Waals surface area contributed by atoms with Crippen molar-refractivity contribution in [1.29, 1.82) is 0 Å². The Hall–Kier alpha value is -3.49. The lowest BCUT2D eigenvalue weighted by atomic mass is 9.86. The number of carbonyl (C=O) groups is 1. The third-order valence-corrected chi connectivity index (χ3v) is 6.41. The molecule has 6 nitrogen and oxygen atoms in total. The number of benzene rings is 2. The number of hydrogen-bond donors (Lipinski definition) is 3. The number of halogens is 3. The molecule has 186 valence electrons. The molecule has 0 bridgehead atoms. The van der Waals surface area contributed by atoms with Gasteiger partial charge in [-0.3, -0.25) is 0 Å². The fourth-order valence-electron chi connectivity index (χ4n) is 4.56. The van der Waals surface area contributed by atoms with Crippen LogP contribution >= 0.6 is 0 Å². The summed E-state index contributed by atoms with van der Waals surface area (Å²) in [4.78, 5) is 19.1. The minimum atomic E-state index is -4.53. The van der Waals surface area contributed by atoms with Gasteiger partial charge in [0.25, 0.3) is 0 Å². The summed E-state index contributed by atoms with van der Waals surface area (Å²) in [7, 11) is 4.03. The summed E-state index contributed by atoms with van der Waals surface area (Å²) in [5.74, 6) is 1.12. The van der Waals surface area contributed by atoms with Crippen LogP contribution < -0.4 is 20.9 Å². The zero-order valence-electron chi connectivity index (χ0n) is 19.8. The van der Waals surface area contributed by atoms with Crippen LogP contribution in [0.1, 0.15) is 31.2 Å². The lowest BCUT2D eigenvalue weighted by molar-refractivity contribution is -0.136. The van der Waals surface area contributed by atoms with Crippen molar-refractivity contribution in [2.75, 3.05) is 36.2 Å². The molecule has 4 rings (SSSR count). The average molecular weight is 486 g/mol. The Labute approximate surface area is 202 Å².